The molecular weight excluding hydrogens is 249 g/mol. The van der Waals surface area contributed by atoms with Crippen molar-refractivity contribution in [1.82, 2.24) is 5.32 Å². The minimum Gasteiger partial charge on any atom is -0.313 e. The van der Waals surface area contributed by atoms with Crippen molar-refractivity contribution in [3.8, 4) is 0 Å². The van der Waals surface area contributed by atoms with Crippen LogP contribution in [0, 0.1) is 0 Å². The summed E-state index contributed by atoms with van der Waals surface area (Å²) in [7, 11) is 1.96. The molecule has 0 saturated heterocycles. The molecule has 0 spiro atoms. The molecule has 1 nitrogen and oxygen atoms in total. The van der Waals surface area contributed by atoms with Crippen LogP contribution in [0.25, 0.3) is 0 Å². The van der Waals surface area contributed by atoms with Gasteiger partial charge in [-0.15, -0.1) is 0 Å². The van der Waals surface area contributed by atoms with Gasteiger partial charge in [0.2, 0.25) is 0 Å². The van der Waals surface area contributed by atoms with Gasteiger partial charge in [-0.3, -0.25) is 0 Å². The van der Waals surface area contributed by atoms with Crippen LogP contribution in [0.5, 0.6) is 0 Å². The van der Waals surface area contributed by atoms with Gasteiger partial charge in [0.25, 0.3) is 0 Å². The Morgan fingerprint density at radius 1 is 1.54 bits per heavy atom. The highest BCUT2D eigenvalue weighted by Gasteiger charge is 2.10. The van der Waals surface area contributed by atoms with E-state index in [-0.39, 0.29) is 0 Å². The third-order valence-corrected chi connectivity index (χ3v) is 3.05. The van der Waals surface area contributed by atoms with Gasteiger partial charge in [-0.25, -0.2) is 0 Å². The Bertz CT molecular complexity index is 284. The summed E-state index contributed by atoms with van der Waals surface area (Å²) in [5, 5.41) is 4.03. The summed E-state index contributed by atoms with van der Waals surface area (Å²) < 4.78 is 1.11. The van der Waals surface area contributed by atoms with Crippen LogP contribution < -0.4 is 5.32 Å². The maximum atomic E-state index is 5.93. The van der Waals surface area contributed by atoms with E-state index in [4.69, 9.17) is 11.6 Å². The minimum absolute atomic E-state index is 0.369. The van der Waals surface area contributed by atoms with Gasteiger partial charge in [-0.05, 0) is 37.2 Å². The predicted molar refractivity (Wildman–Crippen MR) is 61.2 cm³/mol. The molecule has 0 bridgehead atoms. The Kier molecular flexibility index (Phi) is 4.23. The Morgan fingerprint density at radius 3 is 2.77 bits per heavy atom. The third kappa shape index (κ3) is 2.70. The lowest BCUT2D eigenvalue weighted by atomic mass is 10.1. The van der Waals surface area contributed by atoms with Gasteiger partial charge in [0.15, 0.2) is 0 Å². The van der Waals surface area contributed by atoms with Crippen LogP contribution in [0.3, 0.4) is 0 Å². The van der Waals surface area contributed by atoms with Gasteiger partial charge in [0.05, 0.1) is 0 Å². The summed E-state index contributed by atoms with van der Waals surface area (Å²) >= 11 is 9.44. The first-order valence-corrected chi connectivity index (χ1v) is 5.48. The zero-order chi connectivity index (χ0) is 9.84. The van der Waals surface area contributed by atoms with E-state index >= 15 is 0 Å². The minimum atomic E-state index is 0.369. The summed E-state index contributed by atoms with van der Waals surface area (Å²) in [5.41, 5.74) is 1.22. The molecule has 0 amide bonds. The van der Waals surface area contributed by atoms with E-state index in [9.17, 15) is 0 Å². The van der Waals surface area contributed by atoms with Crippen LogP contribution in [0.15, 0.2) is 22.7 Å². The summed E-state index contributed by atoms with van der Waals surface area (Å²) in [6, 6.07) is 6.24. The second kappa shape index (κ2) is 4.99. The van der Waals surface area contributed by atoms with Crippen LogP contribution in [0.2, 0.25) is 5.02 Å². The van der Waals surface area contributed by atoms with Crippen LogP contribution >= 0.6 is 27.5 Å². The fourth-order valence-electron chi connectivity index (χ4n) is 1.36. The second-order valence-electron chi connectivity index (χ2n) is 2.92. The summed E-state index contributed by atoms with van der Waals surface area (Å²) in [4.78, 5) is 0. The molecule has 0 radical (unpaired) electrons. The van der Waals surface area contributed by atoms with Crippen LogP contribution in [0.1, 0.15) is 24.9 Å². The van der Waals surface area contributed by atoms with Gasteiger partial charge < -0.3 is 5.32 Å². The van der Waals surface area contributed by atoms with E-state index in [0.29, 0.717) is 6.04 Å². The van der Waals surface area contributed by atoms with E-state index in [0.717, 1.165) is 15.9 Å². The number of rotatable bonds is 3. The van der Waals surface area contributed by atoms with Gasteiger partial charge in [-0.1, -0.05) is 34.5 Å². The molecule has 0 heterocycles. The highest BCUT2D eigenvalue weighted by atomic mass is 79.9. The topological polar surface area (TPSA) is 12.0 Å². The van der Waals surface area contributed by atoms with Gasteiger partial charge >= 0.3 is 0 Å². The lowest BCUT2D eigenvalue weighted by Crippen LogP contribution is -2.15. The molecule has 0 saturated carbocycles. The summed E-state index contributed by atoms with van der Waals surface area (Å²) in [6.07, 6.45) is 1.05. The zero-order valence-corrected chi connectivity index (χ0v) is 10.1. The maximum absolute atomic E-state index is 5.93. The number of nitrogens with one attached hydrogen (secondary N) is 1. The molecule has 1 rings (SSSR count). The third-order valence-electron chi connectivity index (χ3n) is 2.09. The highest BCUT2D eigenvalue weighted by molar-refractivity contribution is 9.10. The van der Waals surface area contributed by atoms with Crippen LogP contribution in [-0.4, -0.2) is 7.05 Å². The number of halogens is 2. The van der Waals surface area contributed by atoms with E-state index in [2.05, 4.69) is 28.2 Å². The molecule has 0 aliphatic heterocycles. The first kappa shape index (κ1) is 11.0. The van der Waals surface area contributed by atoms with Crippen LogP contribution in [-0.2, 0) is 0 Å². The monoisotopic (exact) mass is 261 g/mol. The molecule has 0 aliphatic rings. The molecule has 1 aromatic carbocycles. The van der Waals surface area contributed by atoms with Gasteiger partial charge in [-0.2, -0.15) is 0 Å². The molecule has 1 atom stereocenters. The molecule has 1 unspecified atom stereocenters. The molecule has 0 aromatic heterocycles. The van der Waals surface area contributed by atoms with E-state index in [1.54, 1.807) is 0 Å². The molecular formula is C10H13BrClN. The average Bonchev–Trinajstić information content (AvgIpc) is 2.13. The molecule has 72 valence electrons. The summed E-state index contributed by atoms with van der Waals surface area (Å²) in [6.45, 7) is 2.15. The standard InChI is InChI=1S/C10H13BrClN/c1-3-10(13-2)8-6-7(12)4-5-9(8)11/h4-6,10,13H,3H2,1-2H3. The number of hydrogen-bond donors (Lipinski definition) is 1. The average molecular weight is 263 g/mol. The van der Waals surface area contributed by atoms with Crippen molar-refractivity contribution in [1.29, 1.82) is 0 Å². The van der Waals surface area contributed by atoms with E-state index in [1.165, 1.54) is 5.56 Å². The van der Waals surface area contributed by atoms with Crippen molar-refractivity contribution in [2.75, 3.05) is 7.05 Å². The normalized spacial score (nSPS) is 12.9. The predicted octanol–water partition coefficient (Wildman–Crippen LogP) is 3.77. The van der Waals surface area contributed by atoms with Crippen LogP contribution in [0.4, 0.5) is 0 Å². The molecule has 0 aliphatic carbocycles. The van der Waals surface area contributed by atoms with Crippen molar-refractivity contribution < 1.29 is 0 Å². The van der Waals surface area contributed by atoms with Gasteiger partial charge in [0, 0.05) is 15.5 Å². The zero-order valence-electron chi connectivity index (χ0n) is 7.77. The lowest BCUT2D eigenvalue weighted by molar-refractivity contribution is 0.575. The molecule has 1 N–H and O–H groups in total. The van der Waals surface area contributed by atoms with E-state index in [1.807, 2.05) is 25.2 Å². The number of hydrogen-bond acceptors (Lipinski definition) is 1. The Morgan fingerprint density at radius 2 is 2.23 bits per heavy atom. The van der Waals surface area contributed by atoms with E-state index < -0.39 is 0 Å². The van der Waals surface area contributed by atoms with Crippen molar-refractivity contribution in [3.63, 3.8) is 0 Å². The van der Waals surface area contributed by atoms with Crippen molar-refractivity contribution in [2.45, 2.75) is 19.4 Å². The molecule has 1 aromatic rings. The largest absolute Gasteiger partial charge is 0.313 e. The Labute approximate surface area is 92.6 Å². The Balaban J connectivity index is 3.03. The first-order valence-electron chi connectivity index (χ1n) is 4.31. The SMILES string of the molecule is CCC(NC)c1cc(Cl)ccc1Br. The van der Waals surface area contributed by atoms with Crippen molar-refractivity contribution >= 4 is 27.5 Å². The highest BCUT2D eigenvalue weighted by Crippen LogP contribution is 2.27. The van der Waals surface area contributed by atoms with Crippen molar-refractivity contribution in [3.05, 3.63) is 33.3 Å². The molecule has 0 fully saturated rings. The molecule has 13 heavy (non-hydrogen) atoms. The maximum Gasteiger partial charge on any atom is 0.0410 e. The second-order valence-corrected chi connectivity index (χ2v) is 4.21. The fourth-order valence-corrected chi connectivity index (χ4v) is 2.06. The first-order chi connectivity index (χ1) is 6.19. The summed E-state index contributed by atoms with van der Waals surface area (Å²) in [5.74, 6) is 0. The number of benzene rings is 1. The lowest BCUT2D eigenvalue weighted by Gasteiger charge is -2.16. The quantitative estimate of drug-likeness (QED) is 0.874. The Hall–Kier alpha value is -0.0500. The fraction of sp³-hybridized carbons (Fsp3) is 0.400. The van der Waals surface area contributed by atoms with Gasteiger partial charge in [0.1, 0.15) is 0 Å². The smallest absolute Gasteiger partial charge is 0.0410 e. The van der Waals surface area contributed by atoms with Crippen molar-refractivity contribution in [2.24, 2.45) is 0 Å². The molecule has 3 heteroatoms.